The Morgan fingerprint density at radius 2 is 2.08 bits per heavy atom. The molecule has 2 N–H and O–H groups in total. The molecule has 3 rings (SSSR count). The summed E-state index contributed by atoms with van der Waals surface area (Å²) in [6, 6.07) is 6.18. The average Bonchev–Trinajstić information content (AvgIpc) is 3.06. The number of amides is 1. The fourth-order valence-electron chi connectivity index (χ4n) is 3.91. The molecule has 1 amide bonds. The molecule has 1 aromatic heterocycles. The molecule has 0 bridgehead atoms. The van der Waals surface area contributed by atoms with Gasteiger partial charge in [-0.3, -0.25) is 4.79 Å². The van der Waals surface area contributed by atoms with Gasteiger partial charge in [-0.1, -0.05) is 26.0 Å². The maximum absolute atomic E-state index is 12.1. The highest BCUT2D eigenvalue weighted by Crippen LogP contribution is 2.34. The van der Waals surface area contributed by atoms with Gasteiger partial charge in [-0.05, 0) is 75.0 Å². The molecule has 26 heavy (non-hydrogen) atoms. The van der Waals surface area contributed by atoms with Crippen LogP contribution in [0.5, 0.6) is 0 Å². The number of likely N-dealkylation sites (tertiary alicyclic amines) is 1. The number of hydrogen-bond acceptors (Lipinski definition) is 2. The van der Waals surface area contributed by atoms with Crippen LogP contribution in [0.25, 0.3) is 10.9 Å². The molecule has 4 heteroatoms. The zero-order valence-corrected chi connectivity index (χ0v) is 16.1. The molecule has 4 nitrogen and oxygen atoms in total. The van der Waals surface area contributed by atoms with Gasteiger partial charge < -0.3 is 15.2 Å². The summed E-state index contributed by atoms with van der Waals surface area (Å²) in [5.41, 5.74) is 3.44. The minimum absolute atomic E-state index is 0.0407. The van der Waals surface area contributed by atoms with E-state index in [9.17, 15) is 4.79 Å². The summed E-state index contributed by atoms with van der Waals surface area (Å²) in [5.74, 6) is 0.648. The third-order valence-corrected chi connectivity index (χ3v) is 5.27. The van der Waals surface area contributed by atoms with Gasteiger partial charge in [0.2, 0.25) is 5.91 Å². The Hall–Kier alpha value is -2.07. The number of carbonyl (C=O) groups is 1. The maximum Gasteiger partial charge on any atom is 0.228 e. The molecule has 2 aromatic rings. The van der Waals surface area contributed by atoms with E-state index in [0.29, 0.717) is 12.3 Å². The molecule has 1 fully saturated rings. The van der Waals surface area contributed by atoms with Crippen molar-refractivity contribution in [2.24, 2.45) is 0 Å². The van der Waals surface area contributed by atoms with Crippen molar-refractivity contribution < 1.29 is 4.79 Å². The van der Waals surface area contributed by atoms with Crippen LogP contribution in [0.2, 0.25) is 0 Å². The summed E-state index contributed by atoms with van der Waals surface area (Å²) >= 11 is 0. The van der Waals surface area contributed by atoms with Gasteiger partial charge in [-0.15, -0.1) is 0 Å². The lowest BCUT2D eigenvalue weighted by Crippen LogP contribution is -2.33. The van der Waals surface area contributed by atoms with Gasteiger partial charge in [0.15, 0.2) is 0 Å². The average molecular weight is 354 g/mol. The Bertz CT molecular complexity index is 754. The first-order valence-corrected chi connectivity index (χ1v) is 9.99. The molecule has 1 aromatic carbocycles. The Kier molecular flexibility index (Phi) is 6.51. The molecule has 0 atom stereocenters. The van der Waals surface area contributed by atoms with Gasteiger partial charge in [0.25, 0.3) is 0 Å². The summed E-state index contributed by atoms with van der Waals surface area (Å²) in [6.45, 7) is 7.90. The standard InChI is InChI=1S/C22H31N3O/c1-3-5-6-7-22(26)24-18-8-9-21-19(15-18)20(16-23-21)17-10-13-25(12-4-2)14-11-17/h5-6,8-9,15-17,23H,3-4,7,10-14H2,1-2H3,(H,24,26)/b6-5+. The van der Waals surface area contributed by atoms with Crippen LogP contribution in [0.4, 0.5) is 5.69 Å². The molecule has 1 saturated heterocycles. The van der Waals surface area contributed by atoms with E-state index >= 15 is 0 Å². The molecule has 0 saturated carbocycles. The smallest absolute Gasteiger partial charge is 0.228 e. The monoisotopic (exact) mass is 353 g/mol. The number of benzene rings is 1. The van der Waals surface area contributed by atoms with Crippen LogP contribution in [0, 0.1) is 0 Å². The van der Waals surface area contributed by atoms with Crippen LogP contribution in [-0.4, -0.2) is 35.4 Å². The van der Waals surface area contributed by atoms with Gasteiger partial charge in [-0.2, -0.15) is 0 Å². The SMILES string of the molecule is CC/C=C/CC(=O)Nc1ccc2[nH]cc(C3CCN(CCC)CC3)c2c1. The minimum Gasteiger partial charge on any atom is -0.361 e. The fourth-order valence-corrected chi connectivity index (χ4v) is 3.91. The van der Waals surface area contributed by atoms with Gasteiger partial charge in [0.05, 0.1) is 0 Å². The summed E-state index contributed by atoms with van der Waals surface area (Å²) in [6.07, 6.45) is 11.2. The Morgan fingerprint density at radius 3 is 2.81 bits per heavy atom. The normalized spacial score (nSPS) is 16.5. The second kappa shape index (κ2) is 9.04. The van der Waals surface area contributed by atoms with Crippen molar-refractivity contribution in [1.82, 2.24) is 9.88 Å². The van der Waals surface area contributed by atoms with E-state index in [1.807, 2.05) is 18.2 Å². The van der Waals surface area contributed by atoms with Crippen molar-refractivity contribution >= 4 is 22.5 Å². The van der Waals surface area contributed by atoms with Crippen LogP contribution < -0.4 is 5.32 Å². The second-order valence-corrected chi connectivity index (χ2v) is 7.25. The number of hydrogen-bond donors (Lipinski definition) is 2. The Morgan fingerprint density at radius 1 is 1.27 bits per heavy atom. The zero-order chi connectivity index (χ0) is 18.4. The lowest BCUT2D eigenvalue weighted by atomic mass is 9.89. The first-order chi connectivity index (χ1) is 12.7. The highest BCUT2D eigenvalue weighted by atomic mass is 16.1. The molecule has 140 valence electrons. The minimum atomic E-state index is 0.0407. The van der Waals surface area contributed by atoms with Crippen LogP contribution in [0.1, 0.15) is 57.4 Å². The third-order valence-electron chi connectivity index (χ3n) is 5.27. The quantitative estimate of drug-likeness (QED) is 0.684. The summed E-state index contributed by atoms with van der Waals surface area (Å²) in [5, 5.41) is 4.28. The molecule has 2 heterocycles. The van der Waals surface area contributed by atoms with Gasteiger partial charge in [0.1, 0.15) is 0 Å². The topological polar surface area (TPSA) is 48.1 Å². The van der Waals surface area contributed by atoms with Crippen molar-refractivity contribution in [3.8, 4) is 0 Å². The molecule has 0 unspecified atom stereocenters. The maximum atomic E-state index is 12.1. The summed E-state index contributed by atoms with van der Waals surface area (Å²) < 4.78 is 0. The fraction of sp³-hybridized carbons (Fsp3) is 0.500. The number of piperidine rings is 1. The Labute approximate surface area is 156 Å². The van der Waals surface area contributed by atoms with Crippen LogP contribution in [0.3, 0.4) is 0 Å². The lowest BCUT2D eigenvalue weighted by molar-refractivity contribution is -0.115. The number of nitrogens with one attached hydrogen (secondary N) is 2. The predicted octanol–water partition coefficient (Wildman–Crippen LogP) is 5.05. The number of aromatic amines is 1. The number of allylic oxidation sites excluding steroid dienone is 1. The highest BCUT2D eigenvalue weighted by Gasteiger charge is 2.22. The number of nitrogens with zero attached hydrogens (tertiary/aromatic N) is 1. The lowest BCUT2D eigenvalue weighted by Gasteiger charge is -2.31. The van der Waals surface area contributed by atoms with E-state index in [1.54, 1.807) is 0 Å². The number of anilines is 1. The van der Waals surface area contributed by atoms with Gasteiger partial charge in [0, 0.05) is 29.2 Å². The van der Waals surface area contributed by atoms with Crippen molar-refractivity contribution in [1.29, 1.82) is 0 Å². The largest absolute Gasteiger partial charge is 0.361 e. The number of H-pyrrole nitrogens is 1. The van der Waals surface area contributed by atoms with Crippen molar-refractivity contribution in [2.45, 2.75) is 51.9 Å². The predicted molar refractivity (Wildman–Crippen MR) is 110 cm³/mol. The first kappa shape index (κ1) is 18.7. The van der Waals surface area contributed by atoms with E-state index in [-0.39, 0.29) is 5.91 Å². The number of carbonyl (C=O) groups excluding carboxylic acids is 1. The van der Waals surface area contributed by atoms with Crippen LogP contribution >= 0.6 is 0 Å². The van der Waals surface area contributed by atoms with E-state index in [1.165, 1.54) is 49.8 Å². The van der Waals surface area contributed by atoms with Gasteiger partial charge in [-0.25, -0.2) is 0 Å². The van der Waals surface area contributed by atoms with Crippen LogP contribution in [0.15, 0.2) is 36.5 Å². The molecular weight excluding hydrogens is 322 g/mol. The number of aromatic nitrogens is 1. The Balaban J connectivity index is 1.70. The summed E-state index contributed by atoms with van der Waals surface area (Å²) in [4.78, 5) is 18.0. The van der Waals surface area contributed by atoms with Crippen molar-refractivity contribution in [3.05, 3.63) is 42.1 Å². The molecule has 1 aliphatic heterocycles. The van der Waals surface area contributed by atoms with E-state index < -0.39 is 0 Å². The van der Waals surface area contributed by atoms with E-state index in [0.717, 1.165) is 17.6 Å². The van der Waals surface area contributed by atoms with Crippen LogP contribution in [-0.2, 0) is 4.79 Å². The second-order valence-electron chi connectivity index (χ2n) is 7.25. The molecular formula is C22H31N3O. The zero-order valence-electron chi connectivity index (χ0n) is 16.1. The number of fused-ring (bicyclic) bond motifs is 1. The van der Waals surface area contributed by atoms with Gasteiger partial charge >= 0.3 is 0 Å². The third kappa shape index (κ3) is 4.55. The summed E-state index contributed by atoms with van der Waals surface area (Å²) in [7, 11) is 0. The van der Waals surface area contributed by atoms with E-state index in [4.69, 9.17) is 0 Å². The highest BCUT2D eigenvalue weighted by molar-refractivity contribution is 5.95. The number of rotatable bonds is 7. The molecule has 0 aliphatic carbocycles. The first-order valence-electron chi connectivity index (χ1n) is 9.99. The molecule has 0 radical (unpaired) electrons. The van der Waals surface area contributed by atoms with Crippen molar-refractivity contribution in [3.63, 3.8) is 0 Å². The molecule has 1 aliphatic rings. The van der Waals surface area contributed by atoms with E-state index in [2.05, 4.69) is 47.4 Å². The van der Waals surface area contributed by atoms with Crippen molar-refractivity contribution in [2.75, 3.05) is 25.0 Å². The molecule has 0 spiro atoms.